The molecule has 0 bridgehead atoms. The Labute approximate surface area is 128 Å². The second kappa shape index (κ2) is 6.50. The van der Waals surface area contributed by atoms with E-state index in [2.05, 4.69) is 20.8 Å². The molecule has 22 heavy (non-hydrogen) atoms. The van der Waals surface area contributed by atoms with Crippen LogP contribution < -0.4 is 15.8 Å². The number of sulfonamides is 1. The minimum Gasteiger partial charge on any atom is -0.386 e. The van der Waals surface area contributed by atoms with Gasteiger partial charge >= 0.3 is 0 Å². The van der Waals surface area contributed by atoms with Gasteiger partial charge in [0, 0.05) is 19.8 Å². The molecule has 0 spiro atoms. The van der Waals surface area contributed by atoms with Crippen molar-refractivity contribution >= 4 is 27.7 Å². The fourth-order valence-corrected chi connectivity index (χ4v) is 2.37. The van der Waals surface area contributed by atoms with E-state index in [1.165, 1.54) is 24.5 Å². The second-order valence-electron chi connectivity index (χ2n) is 4.46. The highest BCUT2D eigenvalue weighted by Crippen LogP contribution is 2.19. The highest BCUT2D eigenvalue weighted by molar-refractivity contribution is 7.89. The number of anilines is 2. The Morgan fingerprint density at radius 1 is 1.32 bits per heavy atom. The lowest BCUT2D eigenvalue weighted by Gasteiger charge is -2.11. The second-order valence-corrected chi connectivity index (χ2v) is 6.02. The third-order valence-corrected chi connectivity index (χ3v) is 3.94. The molecule has 0 saturated carbocycles. The molecule has 0 amide bonds. The number of hydrogen-bond acceptors (Lipinski definition) is 7. The zero-order valence-corrected chi connectivity index (χ0v) is 12.7. The maximum Gasteiger partial charge on any atom is 0.238 e. The van der Waals surface area contributed by atoms with Crippen LogP contribution in [0, 0.1) is 5.41 Å². The van der Waals surface area contributed by atoms with E-state index in [1.807, 2.05) is 0 Å². The molecule has 2 aromatic rings. The lowest BCUT2D eigenvalue weighted by Crippen LogP contribution is -2.12. The summed E-state index contributed by atoms with van der Waals surface area (Å²) >= 11 is 0. The average Bonchev–Trinajstić information content (AvgIpc) is 2.51. The molecule has 0 unspecified atom stereocenters. The molecule has 0 fully saturated rings. The van der Waals surface area contributed by atoms with Gasteiger partial charge in [-0.15, -0.1) is 5.10 Å². The first kappa shape index (κ1) is 15.9. The number of primary sulfonamides is 1. The SMILES string of the molecule is CNc1cnnc(NCc2ccc(S(N)(=O)=O)cc2)c1C=N. The van der Waals surface area contributed by atoms with E-state index < -0.39 is 10.0 Å². The fourth-order valence-electron chi connectivity index (χ4n) is 1.85. The van der Waals surface area contributed by atoms with Crippen LogP contribution in [0.25, 0.3) is 0 Å². The first-order chi connectivity index (χ1) is 10.5. The van der Waals surface area contributed by atoms with E-state index in [1.54, 1.807) is 19.2 Å². The van der Waals surface area contributed by atoms with Gasteiger partial charge in [-0.05, 0) is 17.7 Å². The Kier molecular flexibility index (Phi) is 4.68. The molecule has 1 aromatic carbocycles. The lowest BCUT2D eigenvalue weighted by molar-refractivity contribution is 0.598. The van der Waals surface area contributed by atoms with Crippen LogP contribution in [0.1, 0.15) is 11.1 Å². The molecule has 9 heteroatoms. The van der Waals surface area contributed by atoms with Gasteiger partial charge in [-0.2, -0.15) is 5.10 Å². The molecule has 0 aliphatic rings. The molecule has 0 saturated heterocycles. The van der Waals surface area contributed by atoms with Gasteiger partial charge in [-0.3, -0.25) is 0 Å². The molecule has 0 aliphatic heterocycles. The normalized spacial score (nSPS) is 11.0. The quantitative estimate of drug-likeness (QED) is 0.581. The van der Waals surface area contributed by atoms with Crippen molar-refractivity contribution in [3.8, 4) is 0 Å². The Bertz CT molecular complexity index is 774. The van der Waals surface area contributed by atoms with Crippen molar-refractivity contribution in [2.75, 3.05) is 17.7 Å². The van der Waals surface area contributed by atoms with Crippen LogP contribution in [0.3, 0.4) is 0 Å². The molecule has 0 atom stereocenters. The minimum atomic E-state index is -3.69. The fraction of sp³-hybridized carbons (Fsp3) is 0.154. The predicted molar refractivity (Wildman–Crippen MR) is 84.6 cm³/mol. The van der Waals surface area contributed by atoms with Crippen LogP contribution in [0.4, 0.5) is 11.5 Å². The average molecular weight is 320 g/mol. The molecular weight excluding hydrogens is 304 g/mol. The first-order valence-corrected chi connectivity index (χ1v) is 7.90. The largest absolute Gasteiger partial charge is 0.386 e. The summed E-state index contributed by atoms with van der Waals surface area (Å²) in [5.74, 6) is 0.470. The van der Waals surface area contributed by atoms with Gasteiger partial charge in [0.2, 0.25) is 10.0 Å². The topological polar surface area (TPSA) is 134 Å². The van der Waals surface area contributed by atoms with Gasteiger partial charge < -0.3 is 16.0 Å². The summed E-state index contributed by atoms with van der Waals surface area (Å²) in [4.78, 5) is 0.0633. The molecule has 0 radical (unpaired) electrons. The molecule has 0 aliphatic carbocycles. The third kappa shape index (κ3) is 3.57. The van der Waals surface area contributed by atoms with E-state index in [9.17, 15) is 8.42 Å². The van der Waals surface area contributed by atoms with Crippen molar-refractivity contribution < 1.29 is 8.42 Å². The van der Waals surface area contributed by atoms with Gasteiger partial charge in [-0.25, -0.2) is 13.6 Å². The van der Waals surface area contributed by atoms with Gasteiger partial charge in [0.25, 0.3) is 0 Å². The van der Waals surface area contributed by atoms with E-state index in [0.29, 0.717) is 23.6 Å². The number of rotatable bonds is 6. The first-order valence-electron chi connectivity index (χ1n) is 6.35. The Hall–Kier alpha value is -2.52. The van der Waals surface area contributed by atoms with Gasteiger partial charge in [0.15, 0.2) is 5.82 Å². The number of hydrogen-bond donors (Lipinski definition) is 4. The third-order valence-electron chi connectivity index (χ3n) is 3.02. The maximum absolute atomic E-state index is 11.2. The number of aromatic nitrogens is 2. The van der Waals surface area contributed by atoms with Gasteiger partial charge in [-0.1, -0.05) is 12.1 Å². The van der Waals surface area contributed by atoms with Crippen molar-refractivity contribution in [1.82, 2.24) is 10.2 Å². The van der Waals surface area contributed by atoms with Crippen LogP contribution in [0.15, 0.2) is 35.4 Å². The summed E-state index contributed by atoms with van der Waals surface area (Å²) in [6.07, 6.45) is 2.72. The van der Waals surface area contributed by atoms with E-state index >= 15 is 0 Å². The summed E-state index contributed by atoms with van der Waals surface area (Å²) in [6.45, 7) is 0.410. The molecule has 116 valence electrons. The van der Waals surface area contributed by atoms with E-state index in [0.717, 1.165) is 5.56 Å². The Morgan fingerprint density at radius 3 is 2.55 bits per heavy atom. The standard InChI is InChI=1S/C13H16N6O2S/c1-16-12-8-18-19-13(11(12)6-14)17-7-9-2-4-10(5-3-9)22(15,20)21/h2-6,8,14H,7H2,1H3,(H2,15,20,21)(H2,16,17,19). The summed E-state index contributed by atoms with van der Waals surface area (Å²) in [6, 6.07) is 6.21. The van der Waals surface area contributed by atoms with Crippen molar-refractivity contribution in [1.29, 1.82) is 5.41 Å². The predicted octanol–water partition coefficient (Wildman–Crippen LogP) is 0.775. The zero-order valence-electron chi connectivity index (χ0n) is 11.9. The molecule has 2 rings (SSSR count). The zero-order chi connectivity index (χ0) is 16.2. The van der Waals surface area contributed by atoms with Crippen molar-refractivity contribution in [2.24, 2.45) is 5.14 Å². The monoisotopic (exact) mass is 320 g/mol. The number of benzene rings is 1. The molecule has 1 heterocycles. The van der Waals surface area contributed by atoms with Crippen LogP contribution in [0.5, 0.6) is 0 Å². The lowest BCUT2D eigenvalue weighted by atomic mass is 10.2. The summed E-state index contributed by atoms with van der Waals surface area (Å²) in [7, 11) is -1.95. The van der Waals surface area contributed by atoms with Crippen molar-refractivity contribution in [3.05, 3.63) is 41.6 Å². The van der Waals surface area contributed by atoms with Crippen LogP contribution >= 0.6 is 0 Å². The van der Waals surface area contributed by atoms with Gasteiger partial charge in [0.1, 0.15) is 0 Å². The maximum atomic E-state index is 11.2. The van der Waals surface area contributed by atoms with Crippen molar-refractivity contribution in [3.63, 3.8) is 0 Å². The number of nitrogens with two attached hydrogens (primary N) is 1. The molecule has 1 aromatic heterocycles. The Balaban J connectivity index is 2.15. The van der Waals surface area contributed by atoms with Crippen LogP contribution in [-0.2, 0) is 16.6 Å². The number of nitrogens with one attached hydrogen (secondary N) is 3. The van der Waals surface area contributed by atoms with E-state index in [-0.39, 0.29) is 4.90 Å². The minimum absolute atomic E-state index is 0.0633. The molecule has 5 N–H and O–H groups in total. The van der Waals surface area contributed by atoms with Gasteiger partial charge in [0.05, 0.1) is 22.3 Å². The summed E-state index contributed by atoms with van der Waals surface area (Å²) < 4.78 is 22.4. The van der Waals surface area contributed by atoms with Crippen LogP contribution in [-0.4, -0.2) is 31.9 Å². The van der Waals surface area contributed by atoms with E-state index in [4.69, 9.17) is 10.5 Å². The summed E-state index contributed by atoms with van der Waals surface area (Å²) in [5, 5.41) is 26.3. The highest BCUT2D eigenvalue weighted by atomic mass is 32.2. The smallest absolute Gasteiger partial charge is 0.238 e. The number of nitrogens with zero attached hydrogens (tertiary/aromatic N) is 2. The Morgan fingerprint density at radius 2 is 2.00 bits per heavy atom. The highest BCUT2D eigenvalue weighted by Gasteiger charge is 2.09. The van der Waals surface area contributed by atoms with Crippen molar-refractivity contribution in [2.45, 2.75) is 11.4 Å². The summed E-state index contributed by atoms with van der Waals surface area (Å²) in [5.41, 5.74) is 2.13. The van der Waals surface area contributed by atoms with Crippen LogP contribution in [0.2, 0.25) is 0 Å². The molecule has 8 nitrogen and oxygen atoms in total. The molecular formula is C13H16N6O2S.